The van der Waals surface area contributed by atoms with Crippen molar-refractivity contribution in [1.82, 2.24) is 5.32 Å². The Kier molecular flexibility index (Phi) is 4.76. The molecule has 1 N–H and O–H groups in total. The Bertz CT molecular complexity index is 512. The van der Waals surface area contributed by atoms with Crippen molar-refractivity contribution < 1.29 is 4.42 Å². The molecule has 1 atom stereocenters. The number of benzene rings is 1. The first-order valence-electron chi connectivity index (χ1n) is 8.14. The van der Waals surface area contributed by atoms with Gasteiger partial charge in [0.05, 0.1) is 12.3 Å². The van der Waals surface area contributed by atoms with Gasteiger partial charge in [-0.15, -0.1) is 0 Å². The van der Waals surface area contributed by atoms with Crippen LogP contribution in [0, 0.1) is 11.8 Å². The van der Waals surface area contributed by atoms with Crippen LogP contribution < -0.4 is 5.32 Å². The molecule has 1 aliphatic rings. The average molecular weight is 283 g/mol. The van der Waals surface area contributed by atoms with Gasteiger partial charge in [0, 0.05) is 0 Å². The Morgan fingerprint density at radius 3 is 2.48 bits per heavy atom. The number of furan rings is 1. The van der Waals surface area contributed by atoms with Crippen LogP contribution in [0.3, 0.4) is 0 Å². The summed E-state index contributed by atoms with van der Waals surface area (Å²) in [6, 6.07) is 14.8. The van der Waals surface area contributed by atoms with Gasteiger partial charge >= 0.3 is 0 Å². The van der Waals surface area contributed by atoms with Gasteiger partial charge in [0.15, 0.2) is 0 Å². The van der Waals surface area contributed by atoms with Gasteiger partial charge in [-0.1, -0.05) is 50.1 Å². The predicted molar refractivity (Wildman–Crippen MR) is 86.1 cm³/mol. The van der Waals surface area contributed by atoms with Gasteiger partial charge in [-0.05, 0) is 48.9 Å². The summed E-state index contributed by atoms with van der Waals surface area (Å²) in [5.41, 5.74) is 1.27. The Morgan fingerprint density at radius 1 is 1.05 bits per heavy atom. The summed E-state index contributed by atoms with van der Waals surface area (Å²) in [5.74, 6) is 2.73. The normalized spacial score (nSPS) is 23.9. The number of nitrogens with one attached hydrogen (secondary N) is 1. The van der Waals surface area contributed by atoms with Crippen molar-refractivity contribution in [3.8, 4) is 0 Å². The summed E-state index contributed by atoms with van der Waals surface area (Å²) in [5, 5.41) is 3.73. The molecule has 1 unspecified atom stereocenters. The molecule has 3 rings (SSSR count). The van der Waals surface area contributed by atoms with E-state index in [-0.39, 0.29) is 6.04 Å². The highest BCUT2D eigenvalue weighted by Gasteiger charge is 2.21. The maximum Gasteiger partial charge on any atom is 0.125 e. The molecule has 1 fully saturated rings. The fourth-order valence-electron chi connectivity index (χ4n) is 3.30. The third-order valence-corrected chi connectivity index (χ3v) is 4.71. The fraction of sp³-hybridized carbons (Fsp3) is 0.474. The summed E-state index contributed by atoms with van der Waals surface area (Å²) in [7, 11) is 0. The van der Waals surface area contributed by atoms with Crippen LogP contribution >= 0.6 is 0 Å². The van der Waals surface area contributed by atoms with E-state index in [2.05, 4.69) is 48.6 Å². The quantitative estimate of drug-likeness (QED) is 0.854. The second-order valence-electron chi connectivity index (χ2n) is 6.39. The minimum atomic E-state index is 0.167. The Hall–Kier alpha value is -1.54. The van der Waals surface area contributed by atoms with E-state index in [0.717, 1.165) is 24.1 Å². The number of hydrogen-bond acceptors (Lipinski definition) is 2. The van der Waals surface area contributed by atoms with E-state index in [9.17, 15) is 0 Å². The van der Waals surface area contributed by atoms with Gasteiger partial charge in [0.25, 0.3) is 0 Å². The van der Waals surface area contributed by atoms with E-state index in [1.54, 1.807) is 6.26 Å². The van der Waals surface area contributed by atoms with Crippen LogP contribution in [0.5, 0.6) is 0 Å². The Morgan fingerprint density at radius 2 is 1.81 bits per heavy atom. The smallest absolute Gasteiger partial charge is 0.125 e. The molecule has 0 spiro atoms. The third kappa shape index (κ3) is 3.76. The zero-order valence-corrected chi connectivity index (χ0v) is 12.8. The zero-order valence-electron chi connectivity index (χ0n) is 12.8. The summed E-state index contributed by atoms with van der Waals surface area (Å²) >= 11 is 0. The lowest BCUT2D eigenvalue weighted by Gasteiger charge is -2.28. The predicted octanol–water partition coefficient (Wildman–Crippen LogP) is 4.78. The van der Waals surface area contributed by atoms with E-state index >= 15 is 0 Å². The molecule has 1 aromatic carbocycles. The van der Waals surface area contributed by atoms with Gasteiger partial charge in [0.1, 0.15) is 5.76 Å². The minimum absolute atomic E-state index is 0.167. The SMILES string of the molecule is CC1CCC(CNC(c2ccccc2)c2ccco2)CC1. The van der Waals surface area contributed by atoms with Crippen LogP contribution in [0.1, 0.15) is 50.0 Å². The van der Waals surface area contributed by atoms with Crippen molar-refractivity contribution in [2.24, 2.45) is 11.8 Å². The third-order valence-electron chi connectivity index (χ3n) is 4.71. The molecule has 21 heavy (non-hydrogen) atoms. The maximum absolute atomic E-state index is 5.64. The Labute approximate surface area is 127 Å². The fourth-order valence-corrected chi connectivity index (χ4v) is 3.30. The van der Waals surface area contributed by atoms with Gasteiger partial charge in [-0.25, -0.2) is 0 Å². The van der Waals surface area contributed by atoms with Gasteiger partial charge in [0.2, 0.25) is 0 Å². The van der Waals surface area contributed by atoms with Crippen LogP contribution in [-0.2, 0) is 0 Å². The molecule has 2 heteroatoms. The largest absolute Gasteiger partial charge is 0.467 e. The first-order chi connectivity index (χ1) is 10.3. The highest BCUT2D eigenvalue weighted by atomic mass is 16.3. The van der Waals surface area contributed by atoms with E-state index in [1.165, 1.54) is 31.2 Å². The molecule has 0 bridgehead atoms. The van der Waals surface area contributed by atoms with Crippen molar-refractivity contribution in [2.75, 3.05) is 6.54 Å². The first-order valence-corrected chi connectivity index (χ1v) is 8.14. The summed E-state index contributed by atoms with van der Waals surface area (Å²) in [6.45, 7) is 3.45. The summed E-state index contributed by atoms with van der Waals surface area (Å²) in [4.78, 5) is 0. The molecule has 0 radical (unpaired) electrons. The molecule has 0 saturated heterocycles. The van der Waals surface area contributed by atoms with Crippen LogP contribution in [-0.4, -0.2) is 6.54 Å². The van der Waals surface area contributed by atoms with E-state index in [1.807, 2.05) is 6.07 Å². The standard InChI is InChI=1S/C19H25NO/c1-15-9-11-16(12-10-15)14-20-19(18-8-5-13-21-18)17-6-3-2-4-7-17/h2-8,13,15-16,19-20H,9-12,14H2,1H3. The Balaban J connectivity index is 1.66. The van der Waals surface area contributed by atoms with Crippen molar-refractivity contribution in [1.29, 1.82) is 0 Å². The molecular weight excluding hydrogens is 258 g/mol. The number of hydrogen-bond donors (Lipinski definition) is 1. The molecule has 1 aromatic heterocycles. The molecule has 1 heterocycles. The second-order valence-corrected chi connectivity index (χ2v) is 6.39. The molecule has 1 aliphatic carbocycles. The molecule has 2 aromatic rings. The van der Waals surface area contributed by atoms with Crippen LogP contribution in [0.4, 0.5) is 0 Å². The van der Waals surface area contributed by atoms with E-state index in [4.69, 9.17) is 4.42 Å². The summed E-state index contributed by atoms with van der Waals surface area (Å²) < 4.78 is 5.64. The lowest BCUT2D eigenvalue weighted by molar-refractivity contribution is 0.274. The van der Waals surface area contributed by atoms with Crippen molar-refractivity contribution in [3.05, 3.63) is 60.1 Å². The molecule has 2 nitrogen and oxygen atoms in total. The second kappa shape index (κ2) is 6.95. The highest BCUT2D eigenvalue weighted by Crippen LogP contribution is 2.29. The molecule has 0 amide bonds. The lowest BCUT2D eigenvalue weighted by Crippen LogP contribution is -2.30. The lowest BCUT2D eigenvalue weighted by atomic mass is 9.83. The maximum atomic E-state index is 5.64. The van der Waals surface area contributed by atoms with Gasteiger partial charge in [-0.2, -0.15) is 0 Å². The van der Waals surface area contributed by atoms with Gasteiger partial charge in [-0.3, -0.25) is 0 Å². The monoisotopic (exact) mass is 283 g/mol. The van der Waals surface area contributed by atoms with Crippen molar-refractivity contribution in [3.63, 3.8) is 0 Å². The molecular formula is C19H25NO. The molecule has 1 saturated carbocycles. The minimum Gasteiger partial charge on any atom is -0.467 e. The summed E-state index contributed by atoms with van der Waals surface area (Å²) in [6.07, 6.45) is 7.23. The number of rotatable bonds is 5. The van der Waals surface area contributed by atoms with Crippen LogP contribution in [0.25, 0.3) is 0 Å². The van der Waals surface area contributed by atoms with Crippen LogP contribution in [0.15, 0.2) is 53.1 Å². The van der Waals surface area contributed by atoms with Crippen LogP contribution in [0.2, 0.25) is 0 Å². The molecule has 112 valence electrons. The van der Waals surface area contributed by atoms with Gasteiger partial charge < -0.3 is 9.73 Å². The zero-order chi connectivity index (χ0) is 14.5. The topological polar surface area (TPSA) is 25.2 Å². The van der Waals surface area contributed by atoms with E-state index < -0.39 is 0 Å². The van der Waals surface area contributed by atoms with Crippen molar-refractivity contribution in [2.45, 2.75) is 38.6 Å². The van der Waals surface area contributed by atoms with E-state index in [0.29, 0.717) is 0 Å². The first kappa shape index (κ1) is 14.4. The average Bonchev–Trinajstić information content (AvgIpc) is 3.05. The highest BCUT2D eigenvalue weighted by molar-refractivity contribution is 5.26. The molecule has 0 aliphatic heterocycles. The van der Waals surface area contributed by atoms with Crippen molar-refractivity contribution >= 4 is 0 Å².